The summed E-state index contributed by atoms with van der Waals surface area (Å²) in [6, 6.07) is 9.37. The average molecular weight is 309 g/mol. The monoisotopic (exact) mass is 308 g/mol. The van der Waals surface area contributed by atoms with E-state index in [2.05, 4.69) is 71.0 Å². The van der Waals surface area contributed by atoms with Crippen LogP contribution in [0, 0.1) is 10.8 Å². The van der Waals surface area contributed by atoms with Gasteiger partial charge in [-0.05, 0) is 60.1 Å². The van der Waals surface area contributed by atoms with Crippen molar-refractivity contribution in [2.75, 3.05) is 0 Å². The van der Waals surface area contributed by atoms with E-state index in [9.17, 15) is 0 Å². The zero-order chi connectivity index (χ0) is 16.7. The SMILES string of the molecule is CC[C@@H](C)c1ccc(C2=CC[C@]3(C)CCCC=C3C2(C)C)cc1. The Morgan fingerprint density at radius 3 is 2.39 bits per heavy atom. The standard InChI is InChI=1S/C23H32/c1-6-17(2)18-10-12-19(13-11-18)20-14-16-23(5)15-8-7-9-21(23)22(20,3)4/h9-14,17H,6-8,15-16H2,1-5H3/t17-,23+/m1/s1. The second-order valence-corrected chi connectivity index (χ2v) is 8.45. The Morgan fingerprint density at radius 2 is 1.74 bits per heavy atom. The summed E-state index contributed by atoms with van der Waals surface area (Å²) in [7, 11) is 0. The summed E-state index contributed by atoms with van der Waals surface area (Å²) in [5.41, 5.74) is 6.63. The van der Waals surface area contributed by atoms with Crippen LogP contribution in [0.4, 0.5) is 0 Å². The van der Waals surface area contributed by atoms with E-state index in [1.54, 1.807) is 5.57 Å². The third-order valence-electron chi connectivity index (χ3n) is 6.44. The fourth-order valence-electron chi connectivity index (χ4n) is 4.77. The molecule has 0 aliphatic heterocycles. The van der Waals surface area contributed by atoms with Crippen LogP contribution >= 0.6 is 0 Å². The lowest BCUT2D eigenvalue weighted by molar-refractivity contribution is 0.278. The molecule has 0 fully saturated rings. The summed E-state index contributed by atoms with van der Waals surface area (Å²) >= 11 is 0. The molecule has 0 aromatic heterocycles. The lowest BCUT2D eigenvalue weighted by Gasteiger charge is -2.48. The largest absolute Gasteiger partial charge is 0.0839 e. The highest BCUT2D eigenvalue weighted by atomic mass is 14.5. The minimum Gasteiger partial charge on any atom is -0.0839 e. The Labute approximate surface area is 142 Å². The van der Waals surface area contributed by atoms with Gasteiger partial charge in [0.25, 0.3) is 0 Å². The molecule has 2 atom stereocenters. The predicted molar refractivity (Wildman–Crippen MR) is 102 cm³/mol. The molecule has 2 aliphatic rings. The highest BCUT2D eigenvalue weighted by molar-refractivity contribution is 5.75. The molecule has 0 N–H and O–H groups in total. The van der Waals surface area contributed by atoms with E-state index >= 15 is 0 Å². The van der Waals surface area contributed by atoms with Crippen LogP contribution in [0.5, 0.6) is 0 Å². The van der Waals surface area contributed by atoms with Crippen molar-refractivity contribution in [3.05, 3.63) is 53.1 Å². The van der Waals surface area contributed by atoms with Gasteiger partial charge in [0, 0.05) is 5.41 Å². The van der Waals surface area contributed by atoms with Crippen molar-refractivity contribution in [1.29, 1.82) is 0 Å². The molecule has 0 heterocycles. The van der Waals surface area contributed by atoms with Gasteiger partial charge in [0.05, 0.1) is 0 Å². The topological polar surface area (TPSA) is 0 Å². The molecule has 0 spiro atoms. The van der Waals surface area contributed by atoms with E-state index in [1.807, 2.05) is 0 Å². The molecule has 0 heteroatoms. The van der Waals surface area contributed by atoms with Crippen LogP contribution in [0.25, 0.3) is 5.57 Å². The molecule has 0 amide bonds. The molecule has 23 heavy (non-hydrogen) atoms. The Morgan fingerprint density at radius 1 is 1.04 bits per heavy atom. The zero-order valence-corrected chi connectivity index (χ0v) is 15.6. The van der Waals surface area contributed by atoms with Gasteiger partial charge in [0.2, 0.25) is 0 Å². The fourth-order valence-corrected chi connectivity index (χ4v) is 4.77. The summed E-state index contributed by atoms with van der Waals surface area (Å²) in [5, 5.41) is 0. The Balaban J connectivity index is 1.97. The van der Waals surface area contributed by atoms with Gasteiger partial charge in [0.1, 0.15) is 0 Å². The van der Waals surface area contributed by atoms with Crippen molar-refractivity contribution < 1.29 is 0 Å². The molecule has 0 radical (unpaired) electrons. The molecular formula is C23H32. The lowest BCUT2D eigenvalue weighted by atomic mass is 9.56. The molecule has 1 aromatic carbocycles. The summed E-state index contributed by atoms with van der Waals surface area (Å²) in [5.74, 6) is 0.654. The first-order chi connectivity index (χ1) is 10.9. The van der Waals surface area contributed by atoms with Gasteiger partial charge in [-0.1, -0.05) is 76.6 Å². The van der Waals surface area contributed by atoms with Crippen LogP contribution < -0.4 is 0 Å². The van der Waals surface area contributed by atoms with E-state index in [4.69, 9.17) is 0 Å². The highest BCUT2D eigenvalue weighted by Crippen LogP contribution is 2.57. The van der Waals surface area contributed by atoms with Gasteiger partial charge >= 0.3 is 0 Å². The van der Waals surface area contributed by atoms with E-state index < -0.39 is 0 Å². The van der Waals surface area contributed by atoms with Gasteiger partial charge in [-0.25, -0.2) is 0 Å². The average Bonchev–Trinajstić information content (AvgIpc) is 2.54. The number of allylic oxidation sites excluding steroid dienone is 4. The molecular weight excluding hydrogens is 276 g/mol. The number of hydrogen-bond acceptors (Lipinski definition) is 0. The quantitative estimate of drug-likeness (QED) is 0.521. The molecule has 0 saturated heterocycles. The van der Waals surface area contributed by atoms with Gasteiger partial charge in [-0.2, -0.15) is 0 Å². The third kappa shape index (κ3) is 2.82. The van der Waals surface area contributed by atoms with Gasteiger partial charge < -0.3 is 0 Å². The lowest BCUT2D eigenvalue weighted by Crippen LogP contribution is -2.35. The van der Waals surface area contributed by atoms with E-state index in [0.29, 0.717) is 11.3 Å². The van der Waals surface area contributed by atoms with Gasteiger partial charge in [0.15, 0.2) is 0 Å². The Kier molecular flexibility index (Phi) is 4.29. The maximum atomic E-state index is 2.55. The smallest absolute Gasteiger partial charge is 0.0113 e. The number of fused-ring (bicyclic) bond motifs is 1. The van der Waals surface area contributed by atoms with Crippen molar-refractivity contribution in [3.8, 4) is 0 Å². The maximum absolute atomic E-state index is 2.55. The molecule has 0 nitrogen and oxygen atoms in total. The predicted octanol–water partition coefficient (Wildman–Crippen LogP) is 7.13. The molecule has 0 unspecified atom stereocenters. The third-order valence-corrected chi connectivity index (χ3v) is 6.44. The number of benzene rings is 1. The first-order valence-electron chi connectivity index (χ1n) is 9.40. The molecule has 0 bridgehead atoms. The first-order valence-corrected chi connectivity index (χ1v) is 9.40. The number of hydrogen-bond donors (Lipinski definition) is 0. The highest BCUT2D eigenvalue weighted by Gasteiger charge is 2.43. The second kappa shape index (κ2) is 5.96. The minimum absolute atomic E-state index is 0.158. The molecule has 3 rings (SSSR count). The van der Waals surface area contributed by atoms with E-state index in [-0.39, 0.29) is 5.41 Å². The minimum atomic E-state index is 0.158. The van der Waals surface area contributed by atoms with Crippen LogP contribution in [0.15, 0.2) is 42.0 Å². The van der Waals surface area contributed by atoms with Gasteiger partial charge in [-0.3, -0.25) is 0 Å². The normalized spacial score (nSPS) is 27.7. The Hall–Kier alpha value is -1.30. The molecule has 1 aromatic rings. The molecule has 124 valence electrons. The summed E-state index contributed by atoms with van der Waals surface area (Å²) in [6.07, 6.45) is 11.4. The fraction of sp³-hybridized carbons (Fsp3) is 0.565. The Bertz CT molecular complexity index is 627. The summed E-state index contributed by atoms with van der Waals surface area (Å²) < 4.78 is 0. The maximum Gasteiger partial charge on any atom is 0.0113 e. The summed E-state index contributed by atoms with van der Waals surface area (Å²) in [4.78, 5) is 0. The van der Waals surface area contributed by atoms with Crippen LogP contribution in [-0.2, 0) is 0 Å². The van der Waals surface area contributed by atoms with Gasteiger partial charge in [-0.15, -0.1) is 0 Å². The van der Waals surface area contributed by atoms with Crippen molar-refractivity contribution in [3.63, 3.8) is 0 Å². The van der Waals surface area contributed by atoms with E-state index in [1.165, 1.54) is 48.8 Å². The van der Waals surface area contributed by atoms with Crippen LogP contribution in [0.3, 0.4) is 0 Å². The van der Waals surface area contributed by atoms with Crippen LogP contribution in [0.1, 0.15) is 83.8 Å². The van der Waals surface area contributed by atoms with Crippen molar-refractivity contribution in [2.24, 2.45) is 10.8 Å². The van der Waals surface area contributed by atoms with Crippen molar-refractivity contribution in [1.82, 2.24) is 0 Å². The zero-order valence-electron chi connectivity index (χ0n) is 15.6. The first kappa shape index (κ1) is 16.6. The van der Waals surface area contributed by atoms with Crippen molar-refractivity contribution in [2.45, 2.75) is 72.6 Å². The van der Waals surface area contributed by atoms with E-state index in [0.717, 1.165) is 0 Å². The van der Waals surface area contributed by atoms with Crippen LogP contribution in [0.2, 0.25) is 0 Å². The molecule has 2 aliphatic carbocycles. The van der Waals surface area contributed by atoms with Crippen molar-refractivity contribution >= 4 is 5.57 Å². The second-order valence-electron chi connectivity index (χ2n) is 8.45. The molecule has 0 saturated carbocycles. The number of rotatable bonds is 3. The van der Waals surface area contributed by atoms with Crippen LogP contribution in [-0.4, -0.2) is 0 Å². The summed E-state index contributed by atoms with van der Waals surface area (Å²) in [6.45, 7) is 11.9.